The van der Waals surface area contributed by atoms with Crippen LogP contribution in [0.25, 0.3) is 0 Å². The van der Waals surface area contributed by atoms with Gasteiger partial charge in [-0.15, -0.1) is 0 Å². The summed E-state index contributed by atoms with van der Waals surface area (Å²) in [5.41, 5.74) is 10.7. The molecule has 0 aliphatic carbocycles. The van der Waals surface area contributed by atoms with Gasteiger partial charge in [-0.1, -0.05) is 0 Å². The molecule has 0 spiro atoms. The third-order valence-corrected chi connectivity index (χ3v) is 4.46. The number of aliphatic hydroxyl groups is 1. The molecule has 0 radical (unpaired) electrons. The number of primary amides is 1. The van der Waals surface area contributed by atoms with Crippen molar-refractivity contribution >= 4 is 47.3 Å². The first-order chi connectivity index (χ1) is 14.4. The molecule has 0 heterocycles. The molecule has 0 aliphatic rings. The van der Waals surface area contributed by atoms with E-state index in [1.165, 1.54) is 11.8 Å². The van der Waals surface area contributed by atoms with Gasteiger partial charge in [-0.2, -0.15) is 11.8 Å². The Morgan fingerprint density at radius 3 is 1.77 bits per heavy atom. The molecule has 0 bridgehead atoms. The van der Waals surface area contributed by atoms with Gasteiger partial charge in [0.25, 0.3) is 0 Å². The maximum atomic E-state index is 12.5. The summed E-state index contributed by atoms with van der Waals surface area (Å²) in [6.45, 7) is -0.968. The number of carbonyl (C=O) groups excluding carboxylic acids is 4. The van der Waals surface area contributed by atoms with Crippen LogP contribution >= 0.6 is 11.8 Å². The molecular formula is C16H27N5O9S. The molecule has 31 heavy (non-hydrogen) atoms. The number of amides is 4. The maximum Gasteiger partial charge on any atom is 0.328 e. The molecule has 4 unspecified atom stereocenters. The van der Waals surface area contributed by atoms with Crippen LogP contribution in [0.5, 0.6) is 0 Å². The highest BCUT2D eigenvalue weighted by Gasteiger charge is 2.32. The van der Waals surface area contributed by atoms with E-state index in [9.17, 15) is 28.8 Å². The summed E-state index contributed by atoms with van der Waals surface area (Å²) in [5.74, 6) is -6.60. The molecule has 15 heteroatoms. The number of nitrogens with two attached hydrogens (primary N) is 2. The highest BCUT2D eigenvalue weighted by Crippen LogP contribution is 2.02. The van der Waals surface area contributed by atoms with Gasteiger partial charge in [0.05, 0.1) is 25.5 Å². The van der Waals surface area contributed by atoms with Crippen LogP contribution in [0.1, 0.15) is 19.3 Å². The minimum atomic E-state index is -1.72. The summed E-state index contributed by atoms with van der Waals surface area (Å²) in [6.07, 6.45) is 0.447. The summed E-state index contributed by atoms with van der Waals surface area (Å²) in [6, 6.07) is -6.05. The van der Waals surface area contributed by atoms with Gasteiger partial charge in [-0.25, -0.2) is 4.79 Å². The zero-order chi connectivity index (χ0) is 24.1. The molecule has 0 aromatic carbocycles. The van der Waals surface area contributed by atoms with Gasteiger partial charge in [0.1, 0.15) is 18.1 Å². The van der Waals surface area contributed by atoms with Crippen molar-refractivity contribution in [3.63, 3.8) is 0 Å². The Kier molecular flexibility index (Phi) is 12.8. The minimum Gasteiger partial charge on any atom is -0.481 e. The lowest BCUT2D eigenvalue weighted by Gasteiger charge is -2.23. The van der Waals surface area contributed by atoms with Crippen LogP contribution in [-0.4, -0.2) is 93.7 Å². The largest absolute Gasteiger partial charge is 0.481 e. The zero-order valence-corrected chi connectivity index (χ0v) is 17.5. The lowest BCUT2D eigenvalue weighted by Crippen LogP contribution is -2.58. The van der Waals surface area contributed by atoms with E-state index in [0.29, 0.717) is 5.75 Å². The minimum absolute atomic E-state index is 0.263. The summed E-state index contributed by atoms with van der Waals surface area (Å²) >= 11 is 1.43. The van der Waals surface area contributed by atoms with Crippen LogP contribution in [0.3, 0.4) is 0 Å². The van der Waals surface area contributed by atoms with E-state index in [1.807, 2.05) is 5.32 Å². The van der Waals surface area contributed by atoms with Crippen molar-refractivity contribution in [3.8, 4) is 0 Å². The lowest BCUT2D eigenvalue weighted by atomic mass is 10.1. The number of nitrogens with one attached hydrogen (secondary N) is 3. The molecule has 0 aromatic heterocycles. The van der Waals surface area contributed by atoms with Crippen molar-refractivity contribution in [1.82, 2.24) is 16.0 Å². The SMILES string of the molecule is CSCCC(N)C(=O)NC(CC(=O)O)C(=O)NC(CC(N)=O)C(=O)NC(CO)C(=O)O. The van der Waals surface area contributed by atoms with Gasteiger partial charge < -0.3 is 42.7 Å². The lowest BCUT2D eigenvalue weighted by molar-refractivity contribution is -0.144. The predicted molar refractivity (Wildman–Crippen MR) is 108 cm³/mol. The fraction of sp³-hybridized carbons (Fsp3) is 0.625. The molecule has 0 saturated carbocycles. The first kappa shape index (κ1) is 28.1. The standard InChI is InChI=1S/C16H27N5O9S/c1-31-3-2-7(17)13(26)19-9(5-12(24)25)15(28)20-8(4-11(18)23)14(27)21-10(6-22)16(29)30/h7-10,22H,2-6,17H2,1H3,(H2,18,23)(H,19,26)(H,20,28)(H,21,27)(H,24,25)(H,29,30). The quantitative estimate of drug-likeness (QED) is 0.115. The Hall–Kier alpha value is -2.91. The fourth-order valence-electron chi connectivity index (χ4n) is 2.18. The molecule has 0 aliphatic heterocycles. The number of hydrogen-bond donors (Lipinski definition) is 8. The number of aliphatic hydroxyl groups excluding tert-OH is 1. The molecular weight excluding hydrogens is 438 g/mol. The monoisotopic (exact) mass is 465 g/mol. The van der Waals surface area contributed by atoms with Gasteiger partial charge in [0, 0.05) is 0 Å². The first-order valence-electron chi connectivity index (χ1n) is 8.92. The average Bonchev–Trinajstić information content (AvgIpc) is 2.67. The third kappa shape index (κ3) is 11.2. The molecule has 176 valence electrons. The Labute approximate surface area is 181 Å². The molecule has 4 amide bonds. The Balaban J connectivity index is 5.41. The van der Waals surface area contributed by atoms with E-state index in [2.05, 4.69) is 10.6 Å². The smallest absolute Gasteiger partial charge is 0.328 e. The summed E-state index contributed by atoms with van der Waals surface area (Å²) < 4.78 is 0. The molecule has 0 rings (SSSR count). The topological polar surface area (TPSA) is 251 Å². The van der Waals surface area contributed by atoms with E-state index in [4.69, 9.17) is 26.8 Å². The van der Waals surface area contributed by atoms with Crippen molar-refractivity contribution < 1.29 is 44.1 Å². The maximum absolute atomic E-state index is 12.5. The number of rotatable bonds is 15. The van der Waals surface area contributed by atoms with Gasteiger partial charge in [-0.05, 0) is 18.4 Å². The van der Waals surface area contributed by atoms with Gasteiger partial charge in [-0.3, -0.25) is 24.0 Å². The third-order valence-electron chi connectivity index (χ3n) is 3.82. The predicted octanol–water partition coefficient (Wildman–Crippen LogP) is -4.05. The van der Waals surface area contributed by atoms with Crippen molar-refractivity contribution in [2.24, 2.45) is 11.5 Å². The van der Waals surface area contributed by atoms with Crippen LogP contribution in [-0.2, 0) is 28.8 Å². The van der Waals surface area contributed by atoms with E-state index in [-0.39, 0.29) is 6.42 Å². The Morgan fingerprint density at radius 1 is 0.871 bits per heavy atom. The van der Waals surface area contributed by atoms with E-state index >= 15 is 0 Å². The molecule has 4 atom stereocenters. The second-order valence-corrected chi connectivity index (χ2v) is 7.35. The van der Waals surface area contributed by atoms with Crippen molar-refractivity contribution in [3.05, 3.63) is 0 Å². The van der Waals surface area contributed by atoms with E-state index < -0.39 is 79.2 Å². The molecule has 14 nitrogen and oxygen atoms in total. The van der Waals surface area contributed by atoms with E-state index in [0.717, 1.165) is 0 Å². The Bertz CT molecular complexity index is 690. The van der Waals surface area contributed by atoms with Gasteiger partial charge in [0.15, 0.2) is 0 Å². The highest BCUT2D eigenvalue weighted by atomic mass is 32.2. The number of aliphatic carboxylic acids is 2. The zero-order valence-electron chi connectivity index (χ0n) is 16.7. The molecule has 0 aromatic rings. The van der Waals surface area contributed by atoms with Crippen LogP contribution in [0.4, 0.5) is 0 Å². The van der Waals surface area contributed by atoms with Crippen LogP contribution in [0.15, 0.2) is 0 Å². The fourth-order valence-corrected chi connectivity index (χ4v) is 2.67. The van der Waals surface area contributed by atoms with Crippen molar-refractivity contribution in [1.29, 1.82) is 0 Å². The molecule has 10 N–H and O–H groups in total. The first-order valence-corrected chi connectivity index (χ1v) is 10.3. The Morgan fingerprint density at radius 2 is 1.35 bits per heavy atom. The summed E-state index contributed by atoms with van der Waals surface area (Å²) in [5, 5.41) is 33.0. The summed E-state index contributed by atoms with van der Waals surface area (Å²) in [4.78, 5) is 70.2. The number of carboxylic acids is 2. The molecule has 0 saturated heterocycles. The van der Waals surface area contributed by atoms with E-state index in [1.54, 1.807) is 6.26 Å². The van der Waals surface area contributed by atoms with Crippen LogP contribution < -0.4 is 27.4 Å². The highest BCUT2D eigenvalue weighted by molar-refractivity contribution is 7.98. The second kappa shape index (κ2) is 14.2. The average molecular weight is 465 g/mol. The van der Waals surface area contributed by atoms with Crippen molar-refractivity contribution in [2.75, 3.05) is 18.6 Å². The van der Waals surface area contributed by atoms with Crippen LogP contribution in [0, 0.1) is 0 Å². The van der Waals surface area contributed by atoms with Crippen LogP contribution in [0.2, 0.25) is 0 Å². The van der Waals surface area contributed by atoms with Gasteiger partial charge in [0.2, 0.25) is 23.6 Å². The van der Waals surface area contributed by atoms with Gasteiger partial charge >= 0.3 is 11.9 Å². The number of carbonyl (C=O) groups is 6. The normalized spacial score (nSPS) is 14.4. The van der Waals surface area contributed by atoms with Crippen molar-refractivity contribution in [2.45, 2.75) is 43.4 Å². The summed E-state index contributed by atoms with van der Waals surface area (Å²) in [7, 11) is 0. The second-order valence-electron chi connectivity index (χ2n) is 6.36. The molecule has 0 fully saturated rings. The number of thioether (sulfide) groups is 1. The number of carboxylic acid groups (broad SMARTS) is 2. The number of hydrogen-bond acceptors (Lipinski definition) is 9.